The van der Waals surface area contributed by atoms with Gasteiger partial charge in [0.1, 0.15) is 11.3 Å². The molecule has 3 nitrogen and oxygen atoms in total. The van der Waals surface area contributed by atoms with Crippen molar-refractivity contribution in [3.8, 4) is 0 Å². The summed E-state index contributed by atoms with van der Waals surface area (Å²) in [6, 6.07) is 2.42. The first-order valence-corrected chi connectivity index (χ1v) is 8.20. The molecule has 0 N–H and O–H groups in total. The van der Waals surface area contributed by atoms with Gasteiger partial charge >= 0.3 is 0 Å². The number of hydrogen-bond acceptors (Lipinski definition) is 3. The lowest BCUT2D eigenvalue weighted by molar-refractivity contribution is 0.588. The summed E-state index contributed by atoms with van der Waals surface area (Å²) < 4.78 is 2.19. The average Bonchev–Trinajstić information content (AvgIpc) is 2.74. The molecule has 2 heterocycles. The van der Waals surface area contributed by atoms with E-state index in [0.29, 0.717) is 6.04 Å². The van der Waals surface area contributed by atoms with E-state index in [1.807, 2.05) is 31.8 Å². The van der Waals surface area contributed by atoms with Gasteiger partial charge in [0, 0.05) is 18.0 Å². The van der Waals surface area contributed by atoms with Gasteiger partial charge < -0.3 is 4.57 Å². The van der Waals surface area contributed by atoms with Crippen molar-refractivity contribution in [3.63, 3.8) is 0 Å². The SMILES string of the molecule is CCSCC(C)n1c(C(C)Cl)nc2cc(C)cnc21. The van der Waals surface area contributed by atoms with Crippen LogP contribution in [0.25, 0.3) is 11.2 Å². The van der Waals surface area contributed by atoms with E-state index < -0.39 is 0 Å². The molecule has 2 atom stereocenters. The van der Waals surface area contributed by atoms with Crippen LogP contribution >= 0.6 is 23.4 Å². The van der Waals surface area contributed by atoms with Crippen molar-refractivity contribution in [1.29, 1.82) is 0 Å². The summed E-state index contributed by atoms with van der Waals surface area (Å²) in [4.78, 5) is 9.21. The molecule has 0 bridgehead atoms. The molecule has 5 heteroatoms. The van der Waals surface area contributed by atoms with Crippen LogP contribution < -0.4 is 0 Å². The minimum atomic E-state index is -0.108. The Bertz CT molecular complexity index is 565. The Balaban J connectivity index is 2.51. The standard InChI is InChI=1S/C14H20ClN3S/c1-5-19-8-10(3)18-13(11(4)15)17-12-6-9(2)7-16-14(12)18/h6-7,10-11H,5,8H2,1-4H3. The normalized spacial score (nSPS) is 14.8. The van der Waals surface area contributed by atoms with E-state index >= 15 is 0 Å². The fourth-order valence-corrected chi connectivity index (χ4v) is 3.06. The van der Waals surface area contributed by atoms with E-state index in [2.05, 4.69) is 34.4 Å². The summed E-state index contributed by atoms with van der Waals surface area (Å²) in [6.45, 7) is 8.38. The number of halogens is 1. The molecule has 0 saturated heterocycles. The van der Waals surface area contributed by atoms with E-state index in [1.165, 1.54) is 0 Å². The summed E-state index contributed by atoms with van der Waals surface area (Å²) in [6.07, 6.45) is 1.89. The molecule has 0 spiro atoms. The highest BCUT2D eigenvalue weighted by atomic mass is 35.5. The highest BCUT2D eigenvalue weighted by molar-refractivity contribution is 7.99. The molecule has 0 aromatic carbocycles. The van der Waals surface area contributed by atoms with E-state index in [1.54, 1.807) is 0 Å². The molecule has 2 unspecified atom stereocenters. The van der Waals surface area contributed by atoms with Crippen LogP contribution in [0.2, 0.25) is 0 Å². The first-order valence-electron chi connectivity index (χ1n) is 6.60. The zero-order valence-corrected chi connectivity index (χ0v) is 13.4. The minimum absolute atomic E-state index is 0.108. The predicted octanol–water partition coefficient (Wildman–Crippen LogP) is 4.35. The number of aromatic nitrogens is 3. The quantitative estimate of drug-likeness (QED) is 0.769. The molecule has 0 amide bonds. The fraction of sp³-hybridized carbons (Fsp3) is 0.571. The van der Waals surface area contributed by atoms with Gasteiger partial charge in [-0.05, 0) is 38.2 Å². The lowest BCUT2D eigenvalue weighted by atomic mass is 10.3. The van der Waals surface area contributed by atoms with Gasteiger partial charge in [0.15, 0.2) is 5.65 Å². The summed E-state index contributed by atoms with van der Waals surface area (Å²) in [5, 5.41) is -0.108. The van der Waals surface area contributed by atoms with Crippen molar-refractivity contribution in [2.75, 3.05) is 11.5 Å². The van der Waals surface area contributed by atoms with E-state index in [-0.39, 0.29) is 5.38 Å². The van der Waals surface area contributed by atoms with Crippen LogP contribution in [0.4, 0.5) is 0 Å². The summed E-state index contributed by atoms with van der Waals surface area (Å²) in [7, 11) is 0. The number of fused-ring (bicyclic) bond motifs is 1. The molecule has 19 heavy (non-hydrogen) atoms. The summed E-state index contributed by atoms with van der Waals surface area (Å²) in [5.74, 6) is 3.09. The Labute approximate surface area is 123 Å². The van der Waals surface area contributed by atoms with Crippen LogP contribution in [-0.2, 0) is 0 Å². The first-order chi connectivity index (χ1) is 9.04. The lowest BCUT2D eigenvalue weighted by Gasteiger charge is -2.17. The zero-order valence-electron chi connectivity index (χ0n) is 11.9. The van der Waals surface area contributed by atoms with E-state index in [4.69, 9.17) is 11.6 Å². The predicted molar refractivity (Wildman–Crippen MR) is 84.2 cm³/mol. The maximum absolute atomic E-state index is 6.28. The Kier molecular flexibility index (Phi) is 4.74. The van der Waals surface area contributed by atoms with Gasteiger partial charge in [-0.3, -0.25) is 0 Å². The number of imidazole rings is 1. The molecule has 0 saturated carbocycles. The van der Waals surface area contributed by atoms with Crippen molar-refractivity contribution >= 4 is 34.5 Å². The Morgan fingerprint density at radius 2 is 2.16 bits per heavy atom. The highest BCUT2D eigenvalue weighted by Crippen LogP contribution is 2.28. The molecule has 2 aromatic heterocycles. The lowest BCUT2D eigenvalue weighted by Crippen LogP contribution is -2.12. The molecule has 0 aliphatic heterocycles. The van der Waals surface area contributed by atoms with Crippen LogP contribution in [0, 0.1) is 6.92 Å². The average molecular weight is 298 g/mol. The summed E-state index contributed by atoms with van der Waals surface area (Å²) in [5.41, 5.74) is 3.01. The van der Waals surface area contributed by atoms with Crippen LogP contribution in [0.1, 0.15) is 43.6 Å². The second kappa shape index (κ2) is 6.14. The van der Waals surface area contributed by atoms with Gasteiger partial charge in [-0.15, -0.1) is 11.6 Å². The van der Waals surface area contributed by atoms with Crippen molar-refractivity contribution in [1.82, 2.24) is 14.5 Å². The second-order valence-electron chi connectivity index (χ2n) is 4.82. The third kappa shape index (κ3) is 3.06. The van der Waals surface area contributed by atoms with Crippen LogP contribution in [0.15, 0.2) is 12.3 Å². The van der Waals surface area contributed by atoms with Crippen molar-refractivity contribution in [2.24, 2.45) is 0 Å². The molecule has 2 rings (SSSR count). The molecular formula is C14H20ClN3S. The summed E-state index contributed by atoms with van der Waals surface area (Å²) >= 11 is 8.21. The number of rotatable bonds is 5. The third-order valence-electron chi connectivity index (χ3n) is 3.05. The zero-order chi connectivity index (χ0) is 14.0. The first kappa shape index (κ1) is 14.7. The van der Waals surface area contributed by atoms with Crippen molar-refractivity contribution < 1.29 is 0 Å². The molecular weight excluding hydrogens is 278 g/mol. The Hall–Kier alpha value is -0.740. The molecule has 2 aromatic rings. The molecule has 0 aliphatic rings. The number of thioether (sulfide) groups is 1. The van der Waals surface area contributed by atoms with Gasteiger partial charge in [-0.1, -0.05) is 6.92 Å². The number of alkyl halides is 1. The number of pyridine rings is 1. The number of hydrogen-bond donors (Lipinski definition) is 0. The van der Waals surface area contributed by atoms with Crippen LogP contribution in [-0.4, -0.2) is 26.0 Å². The Morgan fingerprint density at radius 3 is 2.79 bits per heavy atom. The minimum Gasteiger partial charge on any atom is -0.308 e. The highest BCUT2D eigenvalue weighted by Gasteiger charge is 2.19. The van der Waals surface area contributed by atoms with Gasteiger partial charge in [0.05, 0.1) is 5.38 Å². The topological polar surface area (TPSA) is 30.7 Å². The van der Waals surface area contributed by atoms with Gasteiger partial charge in [0.25, 0.3) is 0 Å². The molecule has 104 valence electrons. The molecule has 0 radical (unpaired) electrons. The molecule has 0 fully saturated rings. The van der Waals surface area contributed by atoms with Gasteiger partial charge in [-0.25, -0.2) is 9.97 Å². The van der Waals surface area contributed by atoms with Crippen LogP contribution in [0.3, 0.4) is 0 Å². The molecule has 0 aliphatic carbocycles. The van der Waals surface area contributed by atoms with Crippen LogP contribution in [0.5, 0.6) is 0 Å². The largest absolute Gasteiger partial charge is 0.308 e. The maximum Gasteiger partial charge on any atom is 0.160 e. The van der Waals surface area contributed by atoms with Gasteiger partial charge in [-0.2, -0.15) is 11.8 Å². The number of nitrogens with zero attached hydrogens (tertiary/aromatic N) is 3. The monoisotopic (exact) mass is 297 g/mol. The maximum atomic E-state index is 6.28. The second-order valence-corrected chi connectivity index (χ2v) is 6.79. The van der Waals surface area contributed by atoms with Gasteiger partial charge in [0.2, 0.25) is 0 Å². The fourth-order valence-electron chi connectivity index (χ4n) is 2.18. The number of aryl methyl sites for hydroxylation is 1. The smallest absolute Gasteiger partial charge is 0.160 e. The Morgan fingerprint density at radius 1 is 1.42 bits per heavy atom. The third-order valence-corrected chi connectivity index (χ3v) is 4.38. The van der Waals surface area contributed by atoms with E-state index in [9.17, 15) is 0 Å². The van der Waals surface area contributed by atoms with Crippen molar-refractivity contribution in [2.45, 2.75) is 39.1 Å². The van der Waals surface area contributed by atoms with E-state index in [0.717, 1.165) is 34.1 Å². The van der Waals surface area contributed by atoms with Crippen molar-refractivity contribution in [3.05, 3.63) is 23.7 Å².